The van der Waals surface area contributed by atoms with Gasteiger partial charge in [-0.2, -0.15) is 0 Å². The molecule has 4 heteroatoms. The summed E-state index contributed by atoms with van der Waals surface area (Å²) < 4.78 is 5.48. The van der Waals surface area contributed by atoms with Crippen LogP contribution in [0, 0.1) is 0 Å². The zero-order valence-corrected chi connectivity index (χ0v) is 15.3. The lowest BCUT2D eigenvalue weighted by Gasteiger charge is -2.30. The van der Waals surface area contributed by atoms with Crippen LogP contribution in [0.4, 0.5) is 0 Å². The maximum absolute atomic E-state index is 11.9. The molecule has 1 aliphatic carbocycles. The summed E-state index contributed by atoms with van der Waals surface area (Å²) >= 11 is 0. The normalized spacial score (nSPS) is 33.3. The van der Waals surface area contributed by atoms with E-state index in [1.54, 1.807) is 13.8 Å². The molecule has 0 saturated heterocycles. The van der Waals surface area contributed by atoms with E-state index >= 15 is 0 Å². The number of aliphatic hydroxyl groups excluding tert-OH is 1. The maximum atomic E-state index is 11.9. The van der Waals surface area contributed by atoms with Crippen LogP contribution in [-0.4, -0.2) is 34.0 Å². The number of fused-ring (bicyclic) bond motifs is 1. The molecular weight excluding hydrogens is 304 g/mol. The topological polar surface area (TPSA) is 66.8 Å². The summed E-state index contributed by atoms with van der Waals surface area (Å²) in [5.74, 6) is -0.278. The van der Waals surface area contributed by atoms with Crippen LogP contribution in [0.5, 0.6) is 0 Å². The van der Waals surface area contributed by atoms with Crippen molar-refractivity contribution in [2.24, 2.45) is 0 Å². The molecule has 0 radical (unpaired) electrons. The van der Waals surface area contributed by atoms with Gasteiger partial charge in [-0.25, -0.2) is 4.79 Å². The summed E-state index contributed by atoms with van der Waals surface area (Å²) in [4.78, 5) is 11.9. The summed E-state index contributed by atoms with van der Waals surface area (Å²) in [6.07, 6.45) is 7.23. The van der Waals surface area contributed by atoms with Gasteiger partial charge in [0, 0.05) is 5.57 Å². The van der Waals surface area contributed by atoms with E-state index in [1.807, 2.05) is 6.08 Å². The first-order chi connectivity index (χ1) is 11.2. The zero-order valence-electron chi connectivity index (χ0n) is 15.3. The van der Waals surface area contributed by atoms with E-state index in [1.165, 1.54) is 11.1 Å². The van der Waals surface area contributed by atoms with E-state index in [0.29, 0.717) is 24.8 Å². The van der Waals surface area contributed by atoms with Crippen molar-refractivity contribution in [2.45, 2.75) is 84.0 Å². The Labute approximate surface area is 144 Å². The maximum Gasteiger partial charge on any atom is 0.334 e. The van der Waals surface area contributed by atoms with Crippen molar-refractivity contribution in [3.63, 3.8) is 0 Å². The van der Waals surface area contributed by atoms with Crippen molar-refractivity contribution < 1.29 is 19.7 Å². The smallest absolute Gasteiger partial charge is 0.334 e. The number of hydrogen-bond donors (Lipinski definition) is 2. The highest BCUT2D eigenvalue weighted by Crippen LogP contribution is 2.32. The summed E-state index contributed by atoms with van der Waals surface area (Å²) in [7, 11) is 0. The molecule has 0 aromatic heterocycles. The molecule has 3 atom stereocenters. The molecule has 4 nitrogen and oxygen atoms in total. The van der Waals surface area contributed by atoms with Crippen molar-refractivity contribution in [3.8, 4) is 0 Å². The van der Waals surface area contributed by atoms with Crippen molar-refractivity contribution in [1.29, 1.82) is 0 Å². The van der Waals surface area contributed by atoms with Gasteiger partial charge in [-0.05, 0) is 77.9 Å². The number of rotatable bonds is 0. The molecule has 2 N–H and O–H groups in total. The van der Waals surface area contributed by atoms with Crippen molar-refractivity contribution in [1.82, 2.24) is 0 Å². The molecular formula is C20H30O4. The SMILES string of the molecule is CC1=CC2OC(=O)C(C)=C2CCC(C)(O)C(O)CCC(C)=CCC1. The van der Waals surface area contributed by atoms with Gasteiger partial charge in [-0.3, -0.25) is 0 Å². The first-order valence-corrected chi connectivity index (χ1v) is 8.84. The highest BCUT2D eigenvalue weighted by atomic mass is 16.5. The van der Waals surface area contributed by atoms with Gasteiger partial charge in [0.1, 0.15) is 6.10 Å². The Hall–Kier alpha value is -1.39. The highest BCUT2D eigenvalue weighted by molar-refractivity contribution is 5.92. The van der Waals surface area contributed by atoms with E-state index in [9.17, 15) is 15.0 Å². The van der Waals surface area contributed by atoms with Crippen LogP contribution in [-0.2, 0) is 9.53 Å². The minimum absolute atomic E-state index is 0.278. The monoisotopic (exact) mass is 334 g/mol. The van der Waals surface area contributed by atoms with Crippen LogP contribution in [0.1, 0.15) is 66.2 Å². The van der Waals surface area contributed by atoms with Gasteiger partial charge in [-0.1, -0.05) is 17.2 Å². The van der Waals surface area contributed by atoms with E-state index in [2.05, 4.69) is 19.9 Å². The van der Waals surface area contributed by atoms with Crippen molar-refractivity contribution in [2.75, 3.05) is 0 Å². The fourth-order valence-corrected chi connectivity index (χ4v) is 3.30. The first kappa shape index (κ1) is 18.9. The second kappa shape index (κ2) is 7.66. The third kappa shape index (κ3) is 4.58. The van der Waals surface area contributed by atoms with Crippen LogP contribution < -0.4 is 0 Å². The molecule has 1 heterocycles. The third-order valence-electron chi connectivity index (χ3n) is 5.26. The van der Waals surface area contributed by atoms with Crippen LogP contribution in [0.15, 0.2) is 34.4 Å². The first-order valence-electron chi connectivity index (χ1n) is 8.84. The molecule has 1 aliphatic heterocycles. The second-order valence-electron chi connectivity index (χ2n) is 7.49. The zero-order chi connectivity index (χ0) is 17.9. The van der Waals surface area contributed by atoms with Crippen LogP contribution >= 0.6 is 0 Å². The van der Waals surface area contributed by atoms with Crippen molar-refractivity contribution in [3.05, 3.63) is 34.4 Å². The predicted molar refractivity (Wildman–Crippen MR) is 94.4 cm³/mol. The number of hydrogen-bond acceptors (Lipinski definition) is 4. The number of carbonyl (C=O) groups excluding carboxylic acids is 1. The minimum atomic E-state index is -1.17. The number of allylic oxidation sites excluding steroid dienone is 3. The lowest BCUT2D eigenvalue weighted by molar-refractivity contribution is -0.138. The Balaban J connectivity index is 2.28. The standard InChI is InChI=1S/C20H30O4/c1-13-6-5-7-14(2)12-17-16(15(3)19(22)24-17)10-11-20(4,23)18(21)9-8-13/h6,12,17-18,21,23H,5,7-11H2,1-4H3. The number of carbonyl (C=O) groups is 1. The van der Waals surface area contributed by atoms with Gasteiger partial charge in [0.25, 0.3) is 0 Å². The number of esters is 1. The lowest BCUT2D eigenvalue weighted by Crippen LogP contribution is -2.39. The third-order valence-corrected chi connectivity index (χ3v) is 5.26. The average molecular weight is 334 g/mol. The summed E-state index contributed by atoms with van der Waals surface area (Å²) in [6.45, 7) is 7.58. The molecule has 2 aliphatic rings. The van der Waals surface area contributed by atoms with Crippen LogP contribution in [0.2, 0.25) is 0 Å². The lowest BCUT2D eigenvalue weighted by atomic mass is 9.86. The van der Waals surface area contributed by atoms with E-state index in [0.717, 1.165) is 24.8 Å². The Morgan fingerprint density at radius 2 is 1.88 bits per heavy atom. The molecule has 134 valence electrons. The fraction of sp³-hybridized carbons (Fsp3) is 0.650. The summed E-state index contributed by atoms with van der Waals surface area (Å²) in [5, 5.41) is 21.0. The summed E-state index contributed by atoms with van der Waals surface area (Å²) in [5.41, 5.74) is 2.83. The van der Waals surface area contributed by atoms with E-state index in [-0.39, 0.29) is 12.1 Å². The fourth-order valence-electron chi connectivity index (χ4n) is 3.30. The molecule has 0 spiro atoms. The minimum Gasteiger partial charge on any atom is -0.450 e. The van der Waals surface area contributed by atoms with Gasteiger partial charge in [0.15, 0.2) is 0 Å². The molecule has 24 heavy (non-hydrogen) atoms. The van der Waals surface area contributed by atoms with Gasteiger partial charge in [0.2, 0.25) is 0 Å². The predicted octanol–water partition coefficient (Wildman–Crippen LogP) is 3.59. The number of ether oxygens (including phenoxy) is 1. The molecule has 0 saturated carbocycles. The Bertz CT molecular complexity index is 580. The number of aliphatic hydroxyl groups is 2. The van der Waals surface area contributed by atoms with Gasteiger partial charge < -0.3 is 14.9 Å². The quantitative estimate of drug-likeness (QED) is 0.525. The largest absolute Gasteiger partial charge is 0.450 e. The van der Waals surface area contributed by atoms with Crippen LogP contribution in [0.25, 0.3) is 0 Å². The Kier molecular flexibility index (Phi) is 6.05. The van der Waals surface area contributed by atoms with Gasteiger partial charge in [0.05, 0.1) is 11.7 Å². The molecule has 0 fully saturated rings. The van der Waals surface area contributed by atoms with E-state index < -0.39 is 11.7 Å². The van der Waals surface area contributed by atoms with Gasteiger partial charge >= 0.3 is 5.97 Å². The Morgan fingerprint density at radius 1 is 1.17 bits per heavy atom. The highest BCUT2D eigenvalue weighted by Gasteiger charge is 2.34. The van der Waals surface area contributed by atoms with Crippen molar-refractivity contribution >= 4 is 5.97 Å². The van der Waals surface area contributed by atoms with Gasteiger partial charge in [-0.15, -0.1) is 0 Å². The average Bonchev–Trinajstić information content (AvgIpc) is 2.76. The Morgan fingerprint density at radius 3 is 2.58 bits per heavy atom. The molecule has 0 bridgehead atoms. The molecule has 3 unspecified atom stereocenters. The van der Waals surface area contributed by atoms with E-state index in [4.69, 9.17) is 4.74 Å². The van der Waals surface area contributed by atoms with Crippen LogP contribution in [0.3, 0.4) is 0 Å². The molecule has 2 rings (SSSR count). The summed E-state index contributed by atoms with van der Waals surface area (Å²) in [6, 6.07) is 0. The molecule has 0 aromatic carbocycles. The molecule has 0 amide bonds. The second-order valence-corrected chi connectivity index (χ2v) is 7.49. The molecule has 0 aromatic rings.